The number of carbonyl (C=O) groups excluding carboxylic acids is 3. The molecule has 1 atom stereocenters. The molecule has 0 aliphatic carbocycles. The standard InChI is InChI=1S/C66H110O6/c1-4-7-10-13-16-19-22-25-28-31-33-35-38-41-44-47-50-53-56-59-65(68)71-62-63(61-70-64(67)58-55-52-49-46-43-40-37-30-27-24-21-18-15-12-9-6-3)72-66(69)60-57-54-51-48-45-42-39-36-34-32-29-26-23-20-17-14-11-8-5-2/h7,10,16-17,19-20,25-26,28-29,33-36,41,44,50,53,63H,4-6,8-9,11-15,18,21-24,27,30-32,37-40,42-43,45-49,51-52,54-62H2,1-3H3/b10-7-,19-16-,20-17-,28-25-,29-26-,35-33-,36-34-,44-41-,53-50-/t63-/m1/s1. The molecule has 0 radical (unpaired) electrons. The number of hydrogen-bond donors (Lipinski definition) is 0. The molecule has 0 aromatic rings. The van der Waals surface area contributed by atoms with Crippen LogP contribution in [0.1, 0.15) is 271 Å². The predicted octanol–water partition coefficient (Wildman–Crippen LogP) is 20.3. The van der Waals surface area contributed by atoms with Gasteiger partial charge in [-0.1, -0.05) is 265 Å². The van der Waals surface area contributed by atoms with E-state index < -0.39 is 6.10 Å². The Morgan fingerprint density at radius 1 is 0.292 bits per heavy atom. The molecule has 0 unspecified atom stereocenters. The highest BCUT2D eigenvalue weighted by Gasteiger charge is 2.19. The summed E-state index contributed by atoms with van der Waals surface area (Å²) in [5.41, 5.74) is 0. The van der Waals surface area contributed by atoms with E-state index in [4.69, 9.17) is 14.2 Å². The smallest absolute Gasteiger partial charge is 0.306 e. The Bertz CT molecular complexity index is 1470. The van der Waals surface area contributed by atoms with E-state index in [2.05, 4.69) is 124 Å². The Labute approximate surface area is 444 Å². The molecule has 0 saturated carbocycles. The van der Waals surface area contributed by atoms with Crippen molar-refractivity contribution in [3.63, 3.8) is 0 Å². The molecule has 0 aromatic carbocycles. The average molecular weight is 1000 g/mol. The second-order valence-corrected chi connectivity index (χ2v) is 19.5. The number of hydrogen-bond acceptors (Lipinski definition) is 6. The van der Waals surface area contributed by atoms with E-state index in [0.29, 0.717) is 19.3 Å². The molecule has 0 bridgehead atoms. The summed E-state index contributed by atoms with van der Waals surface area (Å²) in [4.78, 5) is 38.2. The van der Waals surface area contributed by atoms with Crippen LogP contribution in [-0.4, -0.2) is 37.2 Å². The lowest BCUT2D eigenvalue weighted by atomic mass is 10.0. The summed E-state index contributed by atoms with van der Waals surface area (Å²) in [6.45, 7) is 6.44. The van der Waals surface area contributed by atoms with Crippen LogP contribution in [0.5, 0.6) is 0 Å². The summed E-state index contributed by atoms with van der Waals surface area (Å²) < 4.78 is 16.8. The van der Waals surface area contributed by atoms with Crippen molar-refractivity contribution in [2.45, 2.75) is 277 Å². The van der Waals surface area contributed by atoms with Gasteiger partial charge >= 0.3 is 17.9 Å². The van der Waals surface area contributed by atoms with Crippen molar-refractivity contribution in [1.29, 1.82) is 0 Å². The van der Waals surface area contributed by atoms with Crippen molar-refractivity contribution in [3.8, 4) is 0 Å². The third kappa shape index (κ3) is 57.0. The van der Waals surface area contributed by atoms with Gasteiger partial charge in [0.15, 0.2) is 6.10 Å². The molecule has 410 valence electrons. The summed E-state index contributed by atoms with van der Waals surface area (Å²) in [6.07, 6.45) is 80.9. The second kappa shape index (κ2) is 59.6. The molecule has 0 heterocycles. The van der Waals surface area contributed by atoms with Gasteiger partial charge < -0.3 is 14.2 Å². The average Bonchev–Trinajstić information content (AvgIpc) is 3.38. The molecule has 72 heavy (non-hydrogen) atoms. The zero-order valence-corrected chi connectivity index (χ0v) is 46.9. The van der Waals surface area contributed by atoms with Gasteiger partial charge in [-0.25, -0.2) is 0 Å². The second-order valence-electron chi connectivity index (χ2n) is 19.5. The number of carbonyl (C=O) groups is 3. The first kappa shape index (κ1) is 68.1. The number of esters is 3. The minimum absolute atomic E-state index is 0.106. The van der Waals surface area contributed by atoms with Crippen LogP contribution in [0, 0.1) is 0 Å². The highest BCUT2D eigenvalue weighted by atomic mass is 16.6. The minimum atomic E-state index is -0.817. The molecule has 0 N–H and O–H groups in total. The normalized spacial score (nSPS) is 12.9. The van der Waals surface area contributed by atoms with Gasteiger partial charge in [0.1, 0.15) is 13.2 Å². The van der Waals surface area contributed by atoms with E-state index >= 15 is 0 Å². The van der Waals surface area contributed by atoms with Crippen LogP contribution < -0.4 is 0 Å². The van der Waals surface area contributed by atoms with E-state index in [0.717, 1.165) is 103 Å². The quantitative estimate of drug-likeness (QED) is 0.0261. The van der Waals surface area contributed by atoms with Gasteiger partial charge in [-0.3, -0.25) is 14.4 Å². The molecular formula is C66H110O6. The number of unbranched alkanes of at least 4 members (excludes halogenated alkanes) is 24. The van der Waals surface area contributed by atoms with Gasteiger partial charge in [0.2, 0.25) is 0 Å². The molecule has 6 heteroatoms. The van der Waals surface area contributed by atoms with E-state index in [-0.39, 0.29) is 37.5 Å². The molecule has 0 aliphatic heterocycles. The maximum Gasteiger partial charge on any atom is 0.306 e. The Morgan fingerprint density at radius 3 is 0.958 bits per heavy atom. The van der Waals surface area contributed by atoms with Crippen LogP contribution in [0.25, 0.3) is 0 Å². The summed E-state index contributed by atoms with van der Waals surface area (Å²) in [6, 6.07) is 0. The van der Waals surface area contributed by atoms with Gasteiger partial charge in [0.05, 0.1) is 0 Å². The monoisotopic (exact) mass is 999 g/mol. The third-order valence-corrected chi connectivity index (χ3v) is 12.5. The van der Waals surface area contributed by atoms with E-state index in [1.807, 2.05) is 6.08 Å². The van der Waals surface area contributed by atoms with Crippen LogP contribution in [0.3, 0.4) is 0 Å². The molecule has 0 saturated heterocycles. The van der Waals surface area contributed by atoms with Crippen molar-refractivity contribution in [3.05, 3.63) is 109 Å². The molecule has 6 nitrogen and oxygen atoms in total. The Kier molecular flexibility index (Phi) is 56.4. The minimum Gasteiger partial charge on any atom is -0.462 e. The molecule has 0 spiro atoms. The van der Waals surface area contributed by atoms with E-state index in [1.165, 1.54) is 122 Å². The third-order valence-electron chi connectivity index (χ3n) is 12.5. The van der Waals surface area contributed by atoms with Crippen LogP contribution in [0.4, 0.5) is 0 Å². The lowest BCUT2D eigenvalue weighted by Crippen LogP contribution is -2.30. The van der Waals surface area contributed by atoms with Crippen molar-refractivity contribution < 1.29 is 28.6 Å². The zero-order chi connectivity index (χ0) is 52.2. The fraction of sp³-hybridized carbons (Fsp3) is 0.682. The Hall–Kier alpha value is -3.93. The SMILES string of the molecule is CC/C=C\C/C=C\C/C=C\C/C=C\C/C=C\C/C=C\CCC(=O)OC[C@@H](COC(=O)CCCCCCCCCCCCCCCCCC)OC(=O)CCCCCCCC/C=C\C/C=C\C/C=C\CCCCC. The van der Waals surface area contributed by atoms with Crippen LogP contribution in [0.15, 0.2) is 109 Å². The Morgan fingerprint density at radius 2 is 0.569 bits per heavy atom. The molecule has 0 aromatic heterocycles. The maximum atomic E-state index is 12.9. The Balaban J connectivity index is 4.52. The maximum absolute atomic E-state index is 12.9. The highest BCUT2D eigenvalue weighted by molar-refractivity contribution is 5.71. The first-order valence-electron chi connectivity index (χ1n) is 29.9. The number of rotatable bonds is 53. The fourth-order valence-corrected chi connectivity index (χ4v) is 8.06. The van der Waals surface area contributed by atoms with Crippen LogP contribution >= 0.6 is 0 Å². The van der Waals surface area contributed by atoms with Crippen LogP contribution in [-0.2, 0) is 28.6 Å². The predicted molar refractivity (Wildman–Crippen MR) is 311 cm³/mol. The highest BCUT2D eigenvalue weighted by Crippen LogP contribution is 2.15. The van der Waals surface area contributed by atoms with Gasteiger partial charge in [0.25, 0.3) is 0 Å². The molecule has 0 rings (SSSR count). The summed E-state index contributed by atoms with van der Waals surface area (Å²) in [7, 11) is 0. The van der Waals surface area contributed by atoms with Crippen molar-refractivity contribution >= 4 is 17.9 Å². The summed E-state index contributed by atoms with van der Waals surface area (Å²) in [5, 5.41) is 0. The molecule has 0 aliphatic rings. The number of allylic oxidation sites excluding steroid dienone is 18. The van der Waals surface area contributed by atoms with Crippen molar-refractivity contribution in [1.82, 2.24) is 0 Å². The first-order valence-corrected chi connectivity index (χ1v) is 29.9. The van der Waals surface area contributed by atoms with Crippen molar-refractivity contribution in [2.24, 2.45) is 0 Å². The fourth-order valence-electron chi connectivity index (χ4n) is 8.06. The summed E-state index contributed by atoms with van der Waals surface area (Å²) in [5.74, 6) is -1.00. The molecular weight excluding hydrogens is 889 g/mol. The molecule has 0 amide bonds. The van der Waals surface area contributed by atoms with Gasteiger partial charge in [-0.2, -0.15) is 0 Å². The van der Waals surface area contributed by atoms with Crippen LogP contribution in [0.2, 0.25) is 0 Å². The lowest BCUT2D eigenvalue weighted by molar-refractivity contribution is -0.166. The number of ether oxygens (including phenoxy) is 3. The van der Waals surface area contributed by atoms with Gasteiger partial charge in [-0.15, -0.1) is 0 Å². The lowest BCUT2D eigenvalue weighted by Gasteiger charge is -2.18. The van der Waals surface area contributed by atoms with E-state index in [9.17, 15) is 14.4 Å². The van der Waals surface area contributed by atoms with Gasteiger partial charge in [-0.05, 0) is 96.3 Å². The largest absolute Gasteiger partial charge is 0.462 e. The van der Waals surface area contributed by atoms with E-state index in [1.54, 1.807) is 0 Å². The molecule has 0 fully saturated rings. The van der Waals surface area contributed by atoms with Gasteiger partial charge in [0, 0.05) is 19.3 Å². The topological polar surface area (TPSA) is 78.9 Å². The summed E-state index contributed by atoms with van der Waals surface area (Å²) >= 11 is 0. The first-order chi connectivity index (χ1) is 35.5. The van der Waals surface area contributed by atoms with Crippen molar-refractivity contribution in [2.75, 3.05) is 13.2 Å². The zero-order valence-electron chi connectivity index (χ0n) is 46.9.